The highest BCUT2D eigenvalue weighted by molar-refractivity contribution is 5.30. The van der Waals surface area contributed by atoms with Crippen molar-refractivity contribution in [3.8, 4) is 0 Å². The van der Waals surface area contributed by atoms with E-state index >= 15 is 0 Å². The molecule has 0 saturated carbocycles. The van der Waals surface area contributed by atoms with Gasteiger partial charge < -0.3 is 10.4 Å². The third-order valence-corrected chi connectivity index (χ3v) is 3.42. The lowest BCUT2D eigenvalue weighted by atomic mass is 9.90. The third-order valence-electron chi connectivity index (χ3n) is 3.42. The van der Waals surface area contributed by atoms with Gasteiger partial charge in [-0.25, -0.2) is 0 Å². The first-order valence-corrected chi connectivity index (χ1v) is 6.11. The molecule has 0 aromatic heterocycles. The van der Waals surface area contributed by atoms with Crippen LogP contribution in [0.1, 0.15) is 35.6 Å². The normalized spacial score (nSPS) is 25.7. The molecule has 2 N–H and O–H groups in total. The highest BCUT2D eigenvalue weighted by Gasteiger charge is 2.21. The third kappa shape index (κ3) is 2.63. The van der Waals surface area contributed by atoms with Crippen molar-refractivity contribution in [2.24, 2.45) is 5.92 Å². The zero-order chi connectivity index (χ0) is 11.5. The summed E-state index contributed by atoms with van der Waals surface area (Å²) in [5, 5.41) is 12.6. The molecule has 2 atom stereocenters. The minimum Gasteiger partial charge on any atom is -0.396 e. The Morgan fingerprint density at radius 2 is 1.88 bits per heavy atom. The first kappa shape index (κ1) is 11.6. The fraction of sp³-hybridized carbons (Fsp3) is 0.571. The predicted octanol–water partition coefficient (Wildman–Crippen LogP) is 2.34. The maximum Gasteiger partial charge on any atom is 0.0471 e. The van der Waals surface area contributed by atoms with Crippen molar-refractivity contribution in [2.75, 3.05) is 13.2 Å². The van der Waals surface area contributed by atoms with Gasteiger partial charge in [0.15, 0.2) is 0 Å². The van der Waals surface area contributed by atoms with E-state index in [0.29, 0.717) is 18.6 Å². The highest BCUT2D eigenvalue weighted by Crippen LogP contribution is 2.26. The van der Waals surface area contributed by atoms with Crippen LogP contribution in [0.3, 0.4) is 0 Å². The molecule has 1 aliphatic heterocycles. The van der Waals surface area contributed by atoms with Crippen molar-refractivity contribution >= 4 is 0 Å². The maximum absolute atomic E-state index is 9.10. The Kier molecular flexibility index (Phi) is 3.62. The van der Waals surface area contributed by atoms with Crippen molar-refractivity contribution in [3.63, 3.8) is 0 Å². The van der Waals surface area contributed by atoms with Gasteiger partial charge in [-0.1, -0.05) is 29.3 Å². The zero-order valence-corrected chi connectivity index (χ0v) is 10.2. The summed E-state index contributed by atoms with van der Waals surface area (Å²) in [7, 11) is 0. The van der Waals surface area contributed by atoms with E-state index in [4.69, 9.17) is 5.11 Å². The van der Waals surface area contributed by atoms with Crippen molar-refractivity contribution in [3.05, 3.63) is 34.9 Å². The smallest absolute Gasteiger partial charge is 0.0471 e. The maximum atomic E-state index is 9.10. The first-order chi connectivity index (χ1) is 7.69. The average molecular weight is 219 g/mol. The zero-order valence-electron chi connectivity index (χ0n) is 10.2. The summed E-state index contributed by atoms with van der Waals surface area (Å²) in [5.41, 5.74) is 4.07. The number of piperidine rings is 1. The number of aliphatic hydroxyl groups excluding tert-OH is 1. The van der Waals surface area contributed by atoms with Gasteiger partial charge in [0.05, 0.1) is 0 Å². The van der Waals surface area contributed by atoms with Gasteiger partial charge in [0.2, 0.25) is 0 Å². The lowest BCUT2D eigenvalue weighted by molar-refractivity contribution is 0.184. The lowest BCUT2D eigenvalue weighted by Gasteiger charge is -2.29. The van der Waals surface area contributed by atoms with E-state index in [-0.39, 0.29) is 0 Å². The molecule has 88 valence electrons. The van der Waals surface area contributed by atoms with E-state index in [1.807, 2.05) is 0 Å². The van der Waals surface area contributed by atoms with Crippen molar-refractivity contribution in [2.45, 2.75) is 32.7 Å². The summed E-state index contributed by atoms with van der Waals surface area (Å²) < 4.78 is 0. The van der Waals surface area contributed by atoms with E-state index in [0.717, 1.165) is 19.4 Å². The molecule has 1 aliphatic rings. The second-order valence-electron chi connectivity index (χ2n) is 5.01. The summed E-state index contributed by atoms with van der Waals surface area (Å²) in [4.78, 5) is 0. The molecule has 2 nitrogen and oxygen atoms in total. The SMILES string of the molecule is Cc1cc(C)cc(C2CCC(CO)CN2)c1. The first-order valence-electron chi connectivity index (χ1n) is 6.11. The molecule has 0 spiro atoms. The average Bonchev–Trinajstić information content (AvgIpc) is 2.28. The summed E-state index contributed by atoms with van der Waals surface area (Å²) >= 11 is 0. The van der Waals surface area contributed by atoms with Crippen LogP contribution in [0.2, 0.25) is 0 Å². The van der Waals surface area contributed by atoms with Crippen molar-refractivity contribution in [1.82, 2.24) is 5.32 Å². The highest BCUT2D eigenvalue weighted by atomic mass is 16.3. The fourth-order valence-electron chi connectivity index (χ4n) is 2.57. The Balaban J connectivity index is 2.08. The number of nitrogens with one attached hydrogen (secondary N) is 1. The molecule has 0 amide bonds. The number of rotatable bonds is 2. The van der Waals surface area contributed by atoms with Gasteiger partial charge in [-0.15, -0.1) is 0 Å². The Hall–Kier alpha value is -0.860. The van der Waals surface area contributed by atoms with Crippen molar-refractivity contribution in [1.29, 1.82) is 0 Å². The largest absolute Gasteiger partial charge is 0.396 e. The van der Waals surface area contributed by atoms with Crippen LogP contribution in [0.15, 0.2) is 18.2 Å². The number of aliphatic hydroxyl groups is 1. The number of aryl methyl sites for hydroxylation is 2. The van der Waals surface area contributed by atoms with Crippen LogP contribution >= 0.6 is 0 Å². The second kappa shape index (κ2) is 4.98. The quantitative estimate of drug-likeness (QED) is 0.800. The van der Waals surface area contributed by atoms with Gasteiger partial charge in [0.25, 0.3) is 0 Å². The molecule has 1 saturated heterocycles. The molecular weight excluding hydrogens is 198 g/mol. The fourth-order valence-corrected chi connectivity index (χ4v) is 2.57. The molecule has 0 bridgehead atoms. The van der Waals surface area contributed by atoms with Gasteiger partial charge in [-0.3, -0.25) is 0 Å². The van der Waals surface area contributed by atoms with Crippen LogP contribution in [0.4, 0.5) is 0 Å². The summed E-state index contributed by atoms with van der Waals surface area (Å²) in [6, 6.07) is 7.22. The van der Waals surface area contributed by atoms with Gasteiger partial charge in [0, 0.05) is 19.2 Å². The van der Waals surface area contributed by atoms with Gasteiger partial charge in [0.1, 0.15) is 0 Å². The number of hydrogen-bond donors (Lipinski definition) is 2. The van der Waals surface area contributed by atoms with E-state index in [1.54, 1.807) is 0 Å². The lowest BCUT2D eigenvalue weighted by Crippen LogP contribution is -2.34. The Morgan fingerprint density at radius 3 is 2.38 bits per heavy atom. The molecular formula is C14H21NO. The predicted molar refractivity (Wildman–Crippen MR) is 66.5 cm³/mol. The molecule has 2 heteroatoms. The monoisotopic (exact) mass is 219 g/mol. The Labute approximate surface area is 97.7 Å². The van der Waals surface area contributed by atoms with E-state index in [1.165, 1.54) is 16.7 Å². The van der Waals surface area contributed by atoms with Gasteiger partial charge >= 0.3 is 0 Å². The standard InChI is InChI=1S/C14H21NO/c1-10-5-11(2)7-13(6-10)14-4-3-12(9-16)8-15-14/h5-7,12,14-16H,3-4,8-9H2,1-2H3. The summed E-state index contributed by atoms with van der Waals surface area (Å²) in [5.74, 6) is 0.446. The van der Waals surface area contributed by atoms with Gasteiger partial charge in [-0.05, 0) is 38.2 Å². The van der Waals surface area contributed by atoms with Crippen LogP contribution in [0.25, 0.3) is 0 Å². The minimum absolute atomic E-state index is 0.312. The number of benzene rings is 1. The van der Waals surface area contributed by atoms with E-state index in [2.05, 4.69) is 37.4 Å². The minimum atomic E-state index is 0.312. The molecule has 1 aromatic carbocycles. The second-order valence-corrected chi connectivity index (χ2v) is 5.01. The molecule has 2 rings (SSSR count). The topological polar surface area (TPSA) is 32.3 Å². The van der Waals surface area contributed by atoms with Crippen LogP contribution in [0, 0.1) is 19.8 Å². The molecule has 16 heavy (non-hydrogen) atoms. The molecule has 1 heterocycles. The molecule has 2 unspecified atom stereocenters. The van der Waals surface area contributed by atoms with Crippen molar-refractivity contribution < 1.29 is 5.11 Å². The summed E-state index contributed by atoms with van der Waals surface area (Å²) in [6.07, 6.45) is 2.26. The molecule has 0 radical (unpaired) electrons. The Bertz CT molecular complexity index is 334. The number of hydrogen-bond acceptors (Lipinski definition) is 2. The summed E-state index contributed by atoms with van der Waals surface area (Å²) in [6.45, 7) is 5.55. The Morgan fingerprint density at radius 1 is 1.19 bits per heavy atom. The van der Waals surface area contributed by atoms with Crippen LogP contribution in [0.5, 0.6) is 0 Å². The molecule has 1 fully saturated rings. The van der Waals surface area contributed by atoms with E-state index < -0.39 is 0 Å². The molecule has 1 aromatic rings. The van der Waals surface area contributed by atoms with Gasteiger partial charge in [-0.2, -0.15) is 0 Å². The van der Waals surface area contributed by atoms with Crippen LogP contribution in [-0.4, -0.2) is 18.3 Å². The van der Waals surface area contributed by atoms with E-state index in [9.17, 15) is 0 Å². The van der Waals surface area contributed by atoms with Crippen LogP contribution in [-0.2, 0) is 0 Å². The molecule has 0 aliphatic carbocycles. The van der Waals surface area contributed by atoms with Crippen LogP contribution < -0.4 is 5.32 Å².